The number of alkyl halides is 3. The maximum absolute atomic E-state index is 13.1. The molecule has 0 aliphatic rings. The molecular formula is C13H17ClF3N3OSi. The summed E-state index contributed by atoms with van der Waals surface area (Å²) < 4.78 is 46.2. The van der Waals surface area contributed by atoms with E-state index in [1.54, 1.807) is 0 Å². The van der Waals surface area contributed by atoms with Gasteiger partial charge in [-0.1, -0.05) is 19.6 Å². The van der Waals surface area contributed by atoms with E-state index in [1.165, 1.54) is 16.8 Å². The van der Waals surface area contributed by atoms with Gasteiger partial charge in [0.2, 0.25) is 5.28 Å². The van der Waals surface area contributed by atoms with Crippen LogP contribution in [0, 0.1) is 0 Å². The molecule has 0 aliphatic heterocycles. The molecule has 0 saturated heterocycles. The SMILES string of the molecule is C[Si](C)(C)CCOCn1ccc2nc(Cl)nc(C(F)(F)F)c21. The highest BCUT2D eigenvalue weighted by Gasteiger charge is 2.37. The lowest BCUT2D eigenvalue weighted by Gasteiger charge is -2.16. The van der Waals surface area contributed by atoms with Gasteiger partial charge in [0, 0.05) is 20.9 Å². The van der Waals surface area contributed by atoms with Gasteiger partial charge >= 0.3 is 6.18 Å². The van der Waals surface area contributed by atoms with Crippen LogP contribution in [0.2, 0.25) is 31.0 Å². The molecule has 0 radical (unpaired) electrons. The van der Waals surface area contributed by atoms with Crippen molar-refractivity contribution in [2.75, 3.05) is 6.61 Å². The molecule has 22 heavy (non-hydrogen) atoms. The van der Waals surface area contributed by atoms with Gasteiger partial charge in [-0.25, -0.2) is 9.97 Å². The summed E-state index contributed by atoms with van der Waals surface area (Å²) in [4.78, 5) is 7.16. The zero-order valence-electron chi connectivity index (χ0n) is 12.5. The van der Waals surface area contributed by atoms with Crippen LogP contribution in [0.5, 0.6) is 0 Å². The molecule has 0 bridgehead atoms. The van der Waals surface area contributed by atoms with E-state index in [0.29, 0.717) is 6.61 Å². The second kappa shape index (κ2) is 6.17. The van der Waals surface area contributed by atoms with Gasteiger partial charge in [-0.05, 0) is 23.7 Å². The average molecular weight is 352 g/mol. The van der Waals surface area contributed by atoms with Crippen molar-refractivity contribution in [3.8, 4) is 0 Å². The minimum Gasteiger partial charge on any atom is -0.361 e. The lowest BCUT2D eigenvalue weighted by molar-refractivity contribution is -0.140. The Kier molecular flexibility index (Phi) is 4.83. The molecule has 0 N–H and O–H groups in total. The second-order valence-electron chi connectivity index (χ2n) is 6.21. The van der Waals surface area contributed by atoms with E-state index in [9.17, 15) is 13.2 Å². The summed E-state index contributed by atoms with van der Waals surface area (Å²) in [6.07, 6.45) is -3.10. The van der Waals surface area contributed by atoms with Crippen molar-refractivity contribution in [1.82, 2.24) is 14.5 Å². The summed E-state index contributed by atoms with van der Waals surface area (Å²) >= 11 is 5.56. The fourth-order valence-corrected chi connectivity index (χ4v) is 2.86. The van der Waals surface area contributed by atoms with Crippen molar-refractivity contribution in [3.05, 3.63) is 23.2 Å². The number of halogens is 4. The molecule has 9 heteroatoms. The van der Waals surface area contributed by atoms with E-state index in [-0.39, 0.29) is 17.8 Å². The van der Waals surface area contributed by atoms with Gasteiger partial charge in [0.05, 0.1) is 5.52 Å². The molecule has 0 aromatic carbocycles. The molecule has 0 aliphatic carbocycles. The van der Waals surface area contributed by atoms with Crippen LogP contribution in [-0.2, 0) is 17.6 Å². The molecule has 2 aromatic rings. The molecule has 0 atom stereocenters. The Labute approximate surface area is 132 Å². The summed E-state index contributed by atoms with van der Waals surface area (Å²) in [5.74, 6) is 0. The van der Waals surface area contributed by atoms with E-state index in [4.69, 9.17) is 16.3 Å². The van der Waals surface area contributed by atoms with E-state index >= 15 is 0 Å². The molecule has 0 spiro atoms. The van der Waals surface area contributed by atoms with Gasteiger partial charge in [0.15, 0.2) is 5.69 Å². The van der Waals surface area contributed by atoms with Crippen molar-refractivity contribution >= 4 is 30.7 Å². The molecule has 2 heterocycles. The van der Waals surface area contributed by atoms with Crippen molar-refractivity contribution in [2.45, 2.75) is 38.6 Å². The fraction of sp³-hybridized carbons (Fsp3) is 0.538. The topological polar surface area (TPSA) is 39.9 Å². The normalized spacial score (nSPS) is 13.0. The largest absolute Gasteiger partial charge is 0.435 e. The molecule has 0 unspecified atom stereocenters. The number of nitrogens with zero attached hydrogens (tertiary/aromatic N) is 3. The smallest absolute Gasteiger partial charge is 0.361 e. The highest BCUT2D eigenvalue weighted by Crippen LogP contribution is 2.34. The van der Waals surface area contributed by atoms with E-state index in [1.807, 2.05) is 0 Å². The maximum Gasteiger partial charge on any atom is 0.435 e. The van der Waals surface area contributed by atoms with Gasteiger partial charge in [0.25, 0.3) is 0 Å². The van der Waals surface area contributed by atoms with Crippen LogP contribution in [0.3, 0.4) is 0 Å². The van der Waals surface area contributed by atoms with Gasteiger partial charge in [-0.3, -0.25) is 0 Å². The first kappa shape index (κ1) is 17.2. The molecule has 2 aromatic heterocycles. The third-order valence-corrected chi connectivity index (χ3v) is 4.95. The van der Waals surface area contributed by atoms with Crippen LogP contribution in [0.15, 0.2) is 12.3 Å². The molecular weight excluding hydrogens is 335 g/mol. The van der Waals surface area contributed by atoms with Crippen LogP contribution in [0.1, 0.15) is 5.69 Å². The van der Waals surface area contributed by atoms with Crippen molar-refractivity contribution in [2.24, 2.45) is 0 Å². The average Bonchev–Trinajstić information content (AvgIpc) is 2.74. The number of hydrogen-bond acceptors (Lipinski definition) is 3. The Balaban J connectivity index is 2.24. The second-order valence-corrected chi connectivity index (χ2v) is 12.2. The molecule has 122 valence electrons. The third-order valence-electron chi connectivity index (χ3n) is 3.08. The minimum absolute atomic E-state index is 0.0298. The Morgan fingerprint density at radius 2 is 1.95 bits per heavy atom. The predicted molar refractivity (Wildman–Crippen MR) is 81.6 cm³/mol. The van der Waals surface area contributed by atoms with Crippen LogP contribution >= 0.6 is 11.6 Å². The summed E-state index contributed by atoms with van der Waals surface area (Å²) in [5, 5.41) is -0.419. The lowest BCUT2D eigenvalue weighted by atomic mass is 10.3. The first-order chi connectivity index (χ1) is 10.1. The zero-order chi connectivity index (χ0) is 16.5. The third kappa shape index (κ3) is 4.20. The zero-order valence-corrected chi connectivity index (χ0v) is 14.3. The molecule has 0 fully saturated rings. The molecule has 4 nitrogen and oxygen atoms in total. The van der Waals surface area contributed by atoms with E-state index < -0.39 is 25.2 Å². The van der Waals surface area contributed by atoms with E-state index in [0.717, 1.165) is 6.04 Å². The number of aromatic nitrogens is 3. The molecule has 0 saturated carbocycles. The summed E-state index contributed by atoms with van der Waals surface area (Å²) in [5.41, 5.74) is -0.993. The van der Waals surface area contributed by atoms with Crippen LogP contribution < -0.4 is 0 Å². The Morgan fingerprint density at radius 3 is 2.55 bits per heavy atom. The number of fused-ring (bicyclic) bond motifs is 1. The summed E-state index contributed by atoms with van der Waals surface area (Å²) in [7, 11) is -1.24. The van der Waals surface area contributed by atoms with Crippen molar-refractivity contribution in [3.63, 3.8) is 0 Å². The Bertz CT molecular complexity index is 667. The quantitative estimate of drug-likeness (QED) is 0.455. The maximum atomic E-state index is 13.1. The minimum atomic E-state index is -4.60. The predicted octanol–water partition coefficient (Wildman–Crippen LogP) is 4.42. The van der Waals surface area contributed by atoms with Crippen LogP contribution in [-0.4, -0.2) is 29.2 Å². The molecule has 0 amide bonds. The van der Waals surface area contributed by atoms with Crippen LogP contribution in [0.4, 0.5) is 13.2 Å². The number of ether oxygens (including phenoxy) is 1. The highest BCUT2D eigenvalue weighted by molar-refractivity contribution is 6.76. The Hall–Kier alpha value is -1.12. The first-order valence-corrected chi connectivity index (χ1v) is 10.8. The van der Waals surface area contributed by atoms with Gasteiger partial charge in [-0.2, -0.15) is 13.2 Å². The van der Waals surface area contributed by atoms with Crippen LogP contribution in [0.25, 0.3) is 11.0 Å². The highest BCUT2D eigenvalue weighted by atomic mass is 35.5. The summed E-state index contributed by atoms with van der Waals surface area (Å²) in [6.45, 7) is 7.17. The van der Waals surface area contributed by atoms with Gasteiger partial charge in [-0.15, -0.1) is 0 Å². The number of rotatable bonds is 5. The number of hydrogen-bond donors (Lipinski definition) is 0. The standard InChI is InChI=1S/C13H17ClF3N3OSi/c1-22(2,3)7-6-21-8-20-5-4-9-10(20)11(13(15,16)17)19-12(14)18-9/h4-5H,6-8H2,1-3H3. The monoisotopic (exact) mass is 351 g/mol. The Morgan fingerprint density at radius 1 is 1.27 bits per heavy atom. The fourth-order valence-electron chi connectivity index (χ4n) is 1.92. The van der Waals surface area contributed by atoms with Gasteiger partial charge in [0.1, 0.15) is 12.2 Å². The first-order valence-electron chi connectivity index (χ1n) is 6.75. The lowest BCUT2D eigenvalue weighted by Crippen LogP contribution is -2.22. The van der Waals surface area contributed by atoms with E-state index in [2.05, 4.69) is 29.6 Å². The van der Waals surface area contributed by atoms with Gasteiger partial charge < -0.3 is 9.30 Å². The van der Waals surface area contributed by atoms with Crippen molar-refractivity contribution < 1.29 is 17.9 Å². The summed E-state index contributed by atoms with van der Waals surface area (Å²) in [6, 6.07) is 2.42. The van der Waals surface area contributed by atoms with Crippen molar-refractivity contribution in [1.29, 1.82) is 0 Å². The molecule has 2 rings (SSSR count).